The third kappa shape index (κ3) is 2.70. The maximum absolute atomic E-state index is 12.6. The summed E-state index contributed by atoms with van der Waals surface area (Å²) in [7, 11) is 0. The number of likely N-dealkylation sites (tertiary alicyclic amines) is 1. The van der Waals surface area contributed by atoms with Gasteiger partial charge in [0.15, 0.2) is 0 Å². The molecule has 0 unspecified atom stereocenters. The van der Waals surface area contributed by atoms with Crippen molar-refractivity contribution in [2.45, 2.75) is 65.0 Å². The first-order chi connectivity index (χ1) is 12.3. The molecule has 3 aliphatic rings. The van der Waals surface area contributed by atoms with Gasteiger partial charge >= 0.3 is 0 Å². The predicted molar refractivity (Wildman–Crippen MR) is 102 cm³/mol. The van der Waals surface area contributed by atoms with E-state index in [0.717, 1.165) is 24.6 Å². The number of carbonyl (C=O) groups excluding carboxylic acids is 1. The molecule has 2 aliphatic carbocycles. The Kier molecular flexibility index (Phi) is 4.21. The van der Waals surface area contributed by atoms with Crippen molar-refractivity contribution in [3.8, 4) is 0 Å². The number of anilines is 1. The monoisotopic (exact) mass is 357 g/mol. The summed E-state index contributed by atoms with van der Waals surface area (Å²) in [6.45, 7) is 8.63. The molecule has 4 rings (SSSR count). The lowest BCUT2D eigenvalue weighted by Gasteiger charge is -2.39. The van der Waals surface area contributed by atoms with Crippen molar-refractivity contribution in [2.75, 3.05) is 18.4 Å². The molecule has 3 fully saturated rings. The van der Waals surface area contributed by atoms with E-state index < -0.39 is 0 Å². The summed E-state index contributed by atoms with van der Waals surface area (Å²) in [5.41, 5.74) is 6.99. The Morgan fingerprint density at radius 2 is 1.92 bits per heavy atom. The minimum atomic E-state index is -0.0380. The quantitative estimate of drug-likeness (QED) is 0.869. The Balaban J connectivity index is 1.42. The van der Waals surface area contributed by atoms with Crippen molar-refractivity contribution < 1.29 is 4.79 Å². The van der Waals surface area contributed by atoms with Crippen LogP contribution < -0.4 is 11.1 Å². The average molecular weight is 358 g/mol. The first-order valence-corrected chi connectivity index (χ1v) is 9.95. The Hall–Kier alpha value is -1.69. The van der Waals surface area contributed by atoms with Crippen molar-refractivity contribution >= 4 is 11.7 Å². The van der Waals surface area contributed by atoms with Gasteiger partial charge < -0.3 is 16.0 Å². The second-order valence-electron chi connectivity index (χ2n) is 9.22. The zero-order valence-electron chi connectivity index (χ0n) is 16.2. The second-order valence-corrected chi connectivity index (χ2v) is 9.22. The Morgan fingerprint density at radius 1 is 1.19 bits per heavy atom. The molecule has 3 N–H and O–H groups in total. The molecule has 6 nitrogen and oxygen atoms in total. The van der Waals surface area contributed by atoms with E-state index in [1.54, 1.807) is 12.4 Å². The highest BCUT2D eigenvalue weighted by Crippen LogP contribution is 2.65. The molecule has 3 atom stereocenters. The number of carbonyl (C=O) groups is 1. The summed E-state index contributed by atoms with van der Waals surface area (Å²) < 4.78 is 0. The molecule has 2 heterocycles. The number of hydrogen-bond donors (Lipinski definition) is 2. The summed E-state index contributed by atoms with van der Waals surface area (Å²) >= 11 is 0. The van der Waals surface area contributed by atoms with Crippen molar-refractivity contribution in [3.05, 3.63) is 18.1 Å². The molecule has 6 heteroatoms. The summed E-state index contributed by atoms with van der Waals surface area (Å²) in [4.78, 5) is 23.3. The molecule has 2 saturated carbocycles. The third-order valence-corrected chi connectivity index (χ3v) is 7.81. The zero-order chi connectivity index (χ0) is 18.5. The molecule has 0 spiro atoms. The van der Waals surface area contributed by atoms with E-state index in [-0.39, 0.29) is 11.9 Å². The highest BCUT2D eigenvalue weighted by molar-refractivity contribution is 5.92. The van der Waals surface area contributed by atoms with Crippen molar-refractivity contribution in [2.24, 2.45) is 22.5 Å². The minimum Gasteiger partial charge on any atom is -0.365 e. The van der Waals surface area contributed by atoms with Crippen molar-refractivity contribution in [3.63, 3.8) is 0 Å². The second kappa shape index (κ2) is 6.19. The fraction of sp³-hybridized carbons (Fsp3) is 0.750. The van der Waals surface area contributed by atoms with E-state index in [1.165, 1.54) is 19.3 Å². The molecule has 2 bridgehead atoms. The lowest BCUT2D eigenvalue weighted by molar-refractivity contribution is 0.0708. The zero-order valence-corrected chi connectivity index (χ0v) is 16.2. The van der Waals surface area contributed by atoms with Crippen molar-refractivity contribution in [1.29, 1.82) is 0 Å². The van der Waals surface area contributed by atoms with E-state index >= 15 is 0 Å². The first kappa shape index (κ1) is 17.7. The summed E-state index contributed by atoms with van der Waals surface area (Å²) in [6.07, 6.45) is 8.83. The van der Waals surface area contributed by atoms with Crippen LogP contribution in [0.4, 0.5) is 5.82 Å². The maximum Gasteiger partial charge on any atom is 0.274 e. The van der Waals surface area contributed by atoms with Gasteiger partial charge in [-0.15, -0.1) is 0 Å². The van der Waals surface area contributed by atoms with Crippen LogP contribution in [0.1, 0.15) is 63.4 Å². The van der Waals surface area contributed by atoms with Crippen LogP contribution in [-0.4, -0.2) is 45.9 Å². The van der Waals surface area contributed by atoms with Gasteiger partial charge in [-0.1, -0.05) is 20.8 Å². The first-order valence-electron chi connectivity index (χ1n) is 9.95. The molecule has 142 valence electrons. The van der Waals surface area contributed by atoms with E-state index in [9.17, 15) is 4.79 Å². The number of fused-ring (bicyclic) bond motifs is 2. The van der Waals surface area contributed by atoms with Crippen LogP contribution >= 0.6 is 0 Å². The van der Waals surface area contributed by atoms with Crippen molar-refractivity contribution in [1.82, 2.24) is 14.9 Å². The Bertz CT molecular complexity index is 680. The van der Waals surface area contributed by atoms with E-state index in [1.807, 2.05) is 4.90 Å². The molecule has 1 saturated heterocycles. The lowest BCUT2D eigenvalue weighted by atomic mass is 9.69. The normalized spacial score (nSPS) is 33.5. The van der Waals surface area contributed by atoms with E-state index in [4.69, 9.17) is 5.73 Å². The smallest absolute Gasteiger partial charge is 0.274 e. The highest BCUT2D eigenvalue weighted by Gasteiger charge is 2.61. The summed E-state index contributed by atoms with van der Waals surface area (Å²) in [5.74, 6) is 1.52. The van der Waals surface area contributed by atoms with Crippen LogP contribution in [0.3, 0.4) is 0 Å². The van der Waals surface area contributed by atoms with Gasteiger partial charge in [0, 0.05) is 25.2 Å². The number of rotatable bonds is 3. The molecule has 1 aromatic heterocycles. The topological polar surface area (TPSA) is 84.1 Å². The number of nitrogens with zero attached hydrogens (tertiary/aromatic N) is 3. The number of piperidine rings is 1. The Labute approximate surface area is 156 Å². The SMILES string of the molecule is CC1(C)[C@@H]2CC[C@@]1(C)[C@H](Nc1cnc(C(=O)N3CCC(N)CC3)cn1)C2. The van der Waals surface area contributed by atoms with Gasteiger partial charge in [-0.25, -0.2) is 9.97 Å². The standard InChI is InChI=1S/C20H31N5O/c1-19(2)13-4-7-20(19,3)16(10-13)24-17-12-22-15(11-23-17)18(26)25-8-5-14(21)6-9-25/h11-14,16H,4-10,21H2,1-3H3,(H,23,24)/t13-,16-,20+/m1/s1. The van der Waals surface area contributed by atoms with Gasteiger partial charge in [-0.3, -0.25) is 4.79 Å². The summed E-state index contributed by atoms with van der Waals surface area (Å²) in [6, 6.07) is 0.639. The molecule has 1 amide bonds. The van der Waals surface area contributed by atoms with Crippen LogP contribution in [0.5, 0.6) is 0 Å². The molecule has 0 aromatic carbocycles. The molecule has 1 aromatic rings. The van der Waals surface area contributed by atoms with Gasteiger partial charge in [-0.2, -0.15) is 0 Å². The van der Waals surface area contributed by atoms with Crippen LogP contribution in [0, 0.1) is 16.7 Å². The maximum atomic E-state index is 12.6. The van der Waals surface area contributed by atoms with Gasteiger partial charge in [-0.05, 0) is 48.9 Å². The molecular formula is C20H31N5O. The largest absolute Gasteiger partial charge is 0.365 e. The molecular weight excluding hydrogens is 326 g/mol. The third-order valence-electron chi connectivity index (χ3n) is 7.81. The van der Waals surface area contributed by atoms with Gasteiger partial charge in [0.2, 0.25) is 0 Å². The number of hydrogen-bond acceptors (Lipinski definition) is 5. The van der Waals surface area contributed by atoms with Gasteiger partial charge in [0.25, 0.3) is 5.91 Å². The fourth-order valence-corrected chi connectivity index (χ4v) is 5.38. The average Bonchev–Trinajstić information content (AvgIpc) is 2.96. The highest BCUT2D eigenvalue weighted by atomic mass is 16.2. The molecule has 0 radical (unpaired) electrons. The van der Waals surface area contributed by atoms with E-state index in [2.05, 4.69) is 36.1 Å². The van der Waals surface area contributed by atoms with Crippen LogP contribution in [0.15, 0.2) is 12.4 Å². The van der Waals surface area contributed by atoms with Gasteiger partial charge in [0.05, 0.1) is 12.4 Å². The number of nitrogens with two attached hydrogens (primary N) is 1. The lowest BCUT2D eigenvalue weighted by Crippen LogP contribution is -2.43. The molecule has 26 heavy (non-hydrogen) atoms. The van der Waals surface area contributed by atoms with Crippen LogP contribution in [-0.2, 0) is 0 Å². The number of amides is 1. The van der Waals surface area contributed by atoms with Crippen LogP contribution in [0.25, 0.3) is 0 Å². The Morgan fingerprint density at radius 3 is 2.46 bits per heavy atom. The number of aromatic nitrogens is 2. The van der Waals surface area contributed by atoms with Gasteiger partial charge in [0.1, 0.15) is 11.5 Å². The summed E-state index contributed by atoms with van der Waals surface area (Å²) in [5, 5.41) is 3.60. The van der Waals surface area contributed by atoms with E-state index in [0.29, 0.717) is 35.7 Å². The number of nitrogens with one attached hydrogen (secondary N) is 1. The van der Waals surface area contributed by atoms with Crippen LogP contribution in [0.2, 0.25) is 0 Å². The predicted octanol–water partition coefficient (Wildman–Crippen LogP) is 2.67. The minimum absolute atomic E-state index is 0.0380. The fourth-order valence-electron chi connectivity index (χ4n) is 5.38. The molecule has 1 aliphatic heterocycles.